The Labute approximate surface area is 125 Å². The molecule has 2 aliphatic heterocycles. The summed E-state index contributed by atoms with van der Waals surface area (Å²) in [6.07, 6.45) is 4.83. The van der Waals surface area contributed by atoms with Crippen LogP contribution in [0.1, 0.15) is 31.7 Å². The van der Waals surface area contributed by atoms with E-state index < -0.39 is 0 Å². The molecule has 1 amide bonds. The lowest BCUT2D eigenvalue weighted by Gasteiger charge is -2.38. The van der Waals surface area contributed by atoms with Crippen LogP contribution in [0.4, 0.5) is 0 Å². The van der Waals surface area contributed by atoms with Gasteiger partial charge < -0.3 is 10.1 Å². The number of hydrogen-bond donors (Lipinski definition) is 1. The first kappa shape index (κ1) is 14.3. The molecule has 0 bridgehead atoms. The van der Waals surface area contributed by atoms with Crippen LogP contribution in [-0.4, -0.2) is 42.0 Å². The summed E-state index contributed by atoms with van der Waals surface area (Å²) in [5, 5.41) is 2.98. The van der Waals surface area contributed by atoms with Crippen LogP contribution in [0.5, 0.6) is 5.88 Å². The summed E-state index contributed by atoms with van der Waals surface area (Å²) >= 11 is 0. The molecule has 1 aromatic rings. The van der Waals surface area contributed by atoms with E-state index in [1.54, 1.807) is 0 Å². The minimum Gasteiger partial charge on any atom is -0.478 e. The summed E-state index contributed by atoms with van der Waals surface area (Å²) in [7, 11) is 0. The number of aromatic nitrogens is 1. The molecule has 21 heavy (non-hydrogen) atoms. The van der Waals surface area contributed by atoms with Gasteiger partial charge in [0, 0.05) is 31.8 Å². The van der Waals surface area contributed by atoms with Crippen molar-refractivity contribution in [3.8, 4) is 5.88 Å². The number of pyridine rings is 1. The van der Waals surface area contributed by atoms with Crippen LogP contribution in [0.25, 0.3) is 0 Å². The molecule has 1 aromatic heterocycles. The van der Waals surface area contributed by atoms with Crippen molar-refractivity contribution in [3.63, 3.8) is 0 Å². The van der Waals surface area contributed by atoms with E-state index in [2.05, 4.69) is 21.3 Å². The third-order valence-corrected chi connectivity index (χ3v) is 4.61. The molecule has 1 spiro atoms. The summed E-state index contributed by atoms with van der Waals surface area (Å²) in [4.78, 5) is 18.2. The fourth-order valence-corrected chi connectivity index (χ4v) is 3.29. The van der Waals surface area contributed by atoms with E-state index in [1.165, 1.54) is 5.56 Å². The molecule has 3 heterocycles. The number of piperidine rings is 1. The first-order valence-corrected chi connectivity index (χ1v) is 7.76. The lowest BCUT2D eigenvalue weighted by Crippen LogP contribution is -2.40. The Hall–Kier alpha value is -1.62. The van der Waals surface area contributed by atoms with Gasteiger partial charge in [-0.25, -0.2) is 4.98 Å². The fourth-order valence-electron chi connectivity index (χ4n) is 3.29. The van der Waals surface area contributed by atoms with E-state index in [0.717, 1.165) is 39.0 Å². The smallest absolute Gasteiger partial charge is 0.220 e. The zero-order valence-corrected chi connectivity index (χ0v) is 12.6. The molecule has 114 valence electrons. The maximum Gasteiger partial charge on any atom is 0.220 e. The maximum atomic E-state index is 11.4. The number of carbonyl (C=O) groups excluding carboxylic acids is 1. The van der Waals surface area contributed by atoms with Crippen molar-refractivity contribution < 1.29 is 9.53 Å². The Bertz CT molecular complexity index is 493. The van der Waals surface area contributed by atoms with Crippen molar-refractivity contribution in [2.45, 2.75) is 32.7 Å². The van der Waals surface area contributed by atoms with Gasteiger partial charge in [0.25, 0.3) is 0 Å². The first-order chi connectivity index (χ1) is 10.2. The monoisotopic (exact) mass is 289 g/mol. The van der Waals surface area contributed by atoms with Crippen molar-refractivity contribution >= 4 is 5.91 Å². The number of carbonyl (C=O) groups is 1. The molecule has 1 N–H and O–H groups in total. The van der Waals surface area contributed by atoms with Crippen molar-refractivity contribution in [3.05, 3.63) is 23.9 Å². The van der Waals surface area contributed by atoms with Gasteiger partial charge in [0.05, 0.1) is 6.61 Å². The number of hydrogen-bond acceptors (Lipinski definition) is 4. The number of ether oxygens (including phenoxy) is 1. The van der Waals surface area contributed by atoms with Crippen LogP contribution in [-0.2, 0) is 11.3 Å². The normalized spacial score (nSPS) is 21.5. The Balaban J connectivity index is 1.52. The number of rotatable bonds is 4. The van der Waals surface area contributed by atoms with E-state index in [0.29, 0.717) is 18.9 Å². The first-order valence-electron chi connectivity index (χ1n) is 7.76. The van der Waals surface area contributed by atoms with Crippen LogP contribution in [0.3, 0.4) is 0 Å². The van der Waals surface area contributed by atoms with Gasteiger partial charge in [-0.15, -0.1) is 0 Å². The van der Waals surface area contributed by atoms with E-state index in [4.69, 9.17) is 4.74 Å². The van der Waals surface area contributed by atoms with Gasteiger partial charge in [-0.05, 0) is 43.8 Å². The third-order valence-electron chi connectivity index (χ3n) is 4.61. The zero-order chi connectivity index (χ0) is 14.7. The standard InChI is InChI=1S/C16H23N3O2/c1-2-21-15-4-3-13(10-17-15)11-19-7-5-16(6-8-19)9-14(20)18-12-16/h3-4,10H,2,5-9,11-12H2,1H3,(H,18,20). The highest BCUT2D eigenvalue weighted by molar-refractivity contribution is 5.79. The van der Waals surface area contributed by atoms with E-state index in [-0.39, 0.29) is 11.3 Å². The molecule has 2 aliphatic rings. The van der Waals surface area contributed by atoms with Crippen molar-refractivity contribution in [1.29, 1.82) is 0 Å². The highest BCUT2D eigenvalue weighted by Gasteiger charge is 2.40. The highest BCUT2D eigenvalue weighted by Crippen LogP contribution is 2.37. The molecule has 0 radical (unpaired) electrons. The van der Waals surface area contributed by atoms with Gasteiger partial charge in [0.15, 0.2) is 0 Å². The Morgan fingerprint density at radius 3 is 2.76 bits per heavy atom. The van der Waals surface area contributed by atoms with Gasteiger partial charge in [-0.3, -0.25) is 9.69 Å². The van der Waals surface area contributed by atoms with Crippen LogP contribution in [0.2, 0.25) is 0 Å². The Morgan fingerprint density at radius 1 is 1.38 bits per heavy atom. The lowest BCUT2D eigenvalue weighted by atomic mass is 9.77. The molecule has 0 atom stereocenters. The van der Waals surface area contributed by atoms with Gasteiger partial charge in [0.1, 0.15) is 0 Å². The number of nitrogens with zero attached hydrogens (tertiary/aromatic N) is 2. The predicted molar refractivity (Wildman–Crippen MR) is 80.0 cm³/mol. The molecule has 3 rings (SSSR count). The van der Waals surface area contributed by atoms with Gasteiger partial charge in [-0.1, -0.05) is 6.07 Å². The SMILES string of the molecule is CCOc1ccc(CN2CCC3(CC2)CNC(=O)C3)cn1. The van der Waals surface area contributed by atoms with Crippen LogP contribution in [0, 0.1) is 5.41 Å². The molecule has 0 saturated carbocycles. The van der Waals surface area contributed by atoms with E-state index in [9.17, 15) is 4.79 Å². The van der Waals surface area contributed by atoms with Crippen LogP contribution in [0.15, 0.2) is 18.3 Å². The second-order valence-corrected chi connectivity index (χ2v) is 6.17. The zero-order valence-electron chi connectivity index (χ0n) is 12.6. The second-order valence-electron chi connectivity index (χ2n) is 6.17. The maximum absolute atomic E-state index is 11.4. The van der Waals surface area contributed by atoms with E-state index >= 15 is 0 Å². The number of likely N-dealkylation sites (tertiary alicyclic amines) is 1. The van der Waals surface area contributed by atoms with Crippen LogP contribution < -0.4 is 10.1 Å². The van der Waals surface area contributed by atoms with Gasteiger partial charge in [0.2, 0.25) is 11.8 Å². The van der Waals surface area contributed by atoms with Crippen molar-refractivity contribution in [2.75, 3.05) is 26.2 Å². The molecular weight excluding hydrogens is 266 g/mol. The molecular formula is C16H23N3O2. The van der Waals surface area contributed by atoms with Gasteiger partial charge >= 0.3 is 0 Å². The van der Waals surface area contributed by atoms with Gasteiger partial charge in [-0.2, -0.15) is 0 Å². The minimum atomic E-state index is 0.221. The summed E-state index contributed by atoms with van der Waals surface area (Å²) in [6, 6.07) is 4.02. The molecule has 0 unspecified atom stereocenters. The molecule has 0 aromatic carbocycles. The topological polar surface area (TPSA) is 54.5 Å². The average molecular weight is 289 g/mol. The Morgan fingerprint density at radius 2 is 2.19 bits per heavy atom. The highest BCUT2D eigenvalue weighted by atomic mass is 16.5. The van der Waals surface area contributed by atoms with Crippen molar-refractivity contribution in [1.82, 2.24) is 15.2 Å². The Kier molecular flexibility index (Phi) is 4.10. The quantitative estimate of drug-likeness (QED) is 0.914. The predicted octanol–water partition coefficient (Wildman–Crippen LogP) is 1.58. The van der Waals surface area contributed by atoms with Crippen molar-refractivity contribution in [2.24, 2.45) is 5.41 Å². The third kappa shape index (κ3) is 3.35. The summed E-state index contributed by atoms with van der Waals surface area (Å²) in [5.41, 5.74) is 1.44. The van der Waals surface area contributed by atoms with E-state index in [1.807, 2.05) is 19.2 Å². The number of nitrogens with one attached hydrogen (secondary N) is 1. The molecule has 5 heteroatoms. The van der Waals surface area contributed by atoms with Crippen LogP contribution >= 0.6 is 0 Å². The fraction of sp³-hybridized carbons (Fsp3) is 0.625. The molecule has 0 aliphatic carbocycles. The largest absolute Gasteiger partial charge is 0.478 e. The lowest BCUT2D eigenvalue weighted by molar-refractivity contribution is -0.119. The minimum absolute atomic E-state index is 0.221. The number of amides is 1. The molecule has 5 nitrogen and oxygen atoms in total. The summed E-state index contributed by atoms with van der Waals surface area (Å²) < 4.78 is 5.36. The molecule has 2 saturated heterocycles. The molecule has 2 fully saturated rings. The summed E-state index contributed by atoms with van der Waals surface area (Å²) in [5.74, 6) is 0.911. The summed E-state index contributed by atoms with van der Waals surface area (Å²) in [6.45, 7) is 6.51. The average Bonchev–Trinajstić information content (AvgIpc) is 2.85. The second kappa shape index (κ2) is 6.02.